The fraction of sp³-hybridized carbons (Fsp3) is 0.917. The molecule has 0 saturated carbocycles. The number of carbonyl (C=O) groups is 1. The van der Waals surface area contributed by atoms with Crippen molar-refractivity contribution in [2.45, 2.75) is 68.9 Å². The molecule has 20 heavy (non-hydrogen) atoms. The number of aliphatic hydroxyl groups excluding tert-OH is 6. The van der Waals surface area contributed by atoms with Gasteiger partial charge in [0.1, 0.15) is 24.1 Å². The minimum atomic E-state index is -2.24. The Morgan fingerprint density at radius 3 is 1.90 bits per heavy atom. The summed E-state index contributed by atoms with van der Waals surface area (Å²) in [6.45, 7) is 2.38. The molecule has 0 heterocycles. The minimum absolute atomic E-state index is 0.140. The second-order valence-electron chi connectivity index (χ2n) is 5.12. The van der Waals surface area contributed by atoms with Crippen molar-refractivity contribution in [2.75, 3.05) is 0 Å². The van der Waals surface area contributed by atoms with Crippen LogP contribution < -0.4 is 0 Å². The summed E-state index contributed by atoms with van der Waals surface area (Å²) in [5, 5.41) is 66.9. The predicted molar refractivity (Wildman–Crippen MR) is 67.6 cm³/mol. The first kappa shape index (κ1) is 19.4. The highest BCUT2D eigenvalue weighted by Gasteiger charge is 2.43. The van der Waals surface area contributed by atoms with Crippen LogP contribution >= 0.6 is 0 Å². The third-order valence-electron chi connectivity index (χ3n) is 3.35. The van der Waals surface area contributed by atoms with Gasteiger partial charge >= 0.3 is 0 Å². The molecule has 0 unspecified atom stereocenters. The second kappa shape index (κ2) is 7.99. The van der Waals surface area contributed by atoms with Crippen molar-refractivity contribution in [1.82, 2.24) is 0 Å². The maximum absolute atomic E-state index is 10.4. The van der Waals surface area contributed by atoms with Crippen molar-refractivity contribution in [3.05, 3.63) is 0 Å². The molecule has 0 rings (SSSR count). The van der Waals surface area contributed by atoms with Gasteiger partial charge in [-0.15, -0.1) is 0 Å². The van der Waals surface area contributed by atoms with Crippen LogP contribution in [-0.4, -0.2) is 84.3 Å². The zero-order chi connectivity index (χ0) is 16.1. The fourth-order valence-corrected chi connectivity index (χ4v) is 1.86. The van der Waals surface area contributed by atoms with Crippen LogP contribution in [0.2, 0.25) is 0 Å². The Kier molecular flexibility index (Phi) is 7.74. The van der Waals surface area contributed by atoms with Crippen LogP contribution in [0.3, 0.4) is 0 Å². The molecule has 0 radical (unpaired) electrons. The number of carbonyl (C=O) groups excluding carboxylic acids is 1. The Morgan fingerprint density at radius 2 is 1.55 bits per heavy atom. The Balaban J connectivity index is 4.89. The monoisotopic (exact) mass is 296 g/mol. The van der Waals surface area contributed by atoms with Crippen molar-refractivity contribution >= 4 is 6.29 Å². The molecule has 8 heteroatoms. The topological polar surface area (TPSA) is 159 Å². The Bertz CT molecular complexity index is 295. The van der Waals surface area contributed by atoms with Gasteiger partial charge in [0.2, 0.25) is 0 Å². The van der Waals surface area contributed by atoms with E-state index < -0.39 is 55.1 Å². The maximum Gasteiger partial charge on any atom is 0.148 e. The lowest BCUT2D eigenvalue weighted by atomic mass is 9.82. The second-order valence-corrected chi connectivity index (χ2v) is 5.12. The predicted octanol–water partition coefficient (Wildman–Crippen LogP) is -3.10. The van der Waals surface area contributed by atoms with Crippen LogP contribution in [0.15, 0.2) is 0 Å². The molecule has 0 bridgehead atoms. The third kappa shape index (κ3) is 5.06. The summed E-state index contributed by atoms with van der Waals surface area (Å²) in [5.74, 6) is 0. The van der Waals surface area contributed by atoms with E-state index in [-0.39, 0.29) is 6.29 Å². The average molecular weight is 296 g/mol. The van der Waals surface area contributed by atoms with Gasteiger partial charge in [-0.05, 0) is 13.8 Å². The molecule has 0 spiro atoms. The van der Waals surface area contributed by atoms with Crippen molar-refractivity contribution in [3.8, 4) is 0 Å². The smallest absolute Gasteiger partial charge is 0.148 e. The van der Waals surface area contributed by atoms with Crippen molar-refractivity contribution in [2.24, 2.45) is 0 Å². The average Bonchev–Trinajstić information content (AvgIpc) is 2.36. The van der Waals surface area contributed by atoms with E-state index in [1.807, 2.05) is 0 Å². The first-order valence-electron chi connectivity index (χ1n) is 6.32. The van der Waals surface area contributed by atoms with Gasteiger partial charge in [0, 0.05) is 12.8 Å². The summed E-state index contributed by atoms with van der Waals surface area (Å²) < 4.78 is 0. The van der Waals surface area contributed by atoms with E-state index in [4.69, 9.17) is 5.11 Å². The molecule has 0 fully saturated rings. The normalized spacial score (nSPS) is 24.1. The Labute approximate surface area is 116 Å². The third-order valence-corrected chi connectivity index (χ3v) is 3.35. The van der Waals surface area contributed by atoms with E-state index in [0.29, 0.717) is 0 Å². The van der Waals surface area contributed by atoms with Gasteiger partial charge in [0.15, 0.2) is 0 Å². The minimum Gasteiger partial charge on any atom is -0.391 e. The molecule has 0 saturated heterocycles. The van der Waals surface area contributed by atoms with Crippen LogP contribution in [0.4, 0.5) is 0 Å². The quantitative estimate of drug-likeness (QED) is 0.220. The van der Waals surface area contributed by atoms with Crippen LogP contribution in [0.1, 0.15) is 26.7 Å². The number of hydrogen-bond acceptors (Lipinski definition) is 8. The summed E-state index contributed by atoms with van der Waals surface area (Å²) in [4.78, 5) is 10.4. The number of aldehydes is 1. The lowest BCUT2D eigenvalue weighted by Crippen LogP contribution is -2.55. The van der Waals surface area contributed by atoms with Crippen molar-refractivity contribution in [3.63, 3.8) is 0 Å². The highest BCUT2D eigenvalue weighted by atomic mass is 16.4. The molecule has 0 amide bonds. The van der Waals surface area contributed by atoms with Crippen LogP contribution in [0, 0.1) is 0 Å². The van der Waals surface area contributed by atoms with E-state index in [9.17, 15) is 35.4 Å². The van der Waals surface area contributed by atoms with Crippen molar-refractivity contribution < 1.29 is 40.5 Å². The van der Waals surface area contributed by atoms with Gasteiger partial charge in [-0.3, -0.25) is 0 Å². The molecule has 0 aromatic carbocycles. The number of hydrogen-bond donors (Lipinski definition) is 7. The number of aliphatic hydroxyl groups is 7. The zero-order valence-corrected chi connectivity index (χ0v) is 11.5. The molecule has 0 aromatic rings. The van der Waals surface area contributed by atoms with Crippen LogP contribution in [0.25, 0.3) is 0 Å². The van der Waals surface area contributed by atoms with E-state index in [1.165, 1.54) is 6.92 Å². The van der Waals surface area contributed by atoms with E-state index in [0.717, 1.165) is 6.92 Å². The largest absolute Gasteiger partial charge is 0.391 e. The molecule has 7 N–H and O–H groups in total. The summed E-state index contributed by atoms with van der Waals surface area (Å²) in [6.07, 6.45) is -10.2. The molecule has 0 aliphatic carbocycles. The highest BCUT2D eigenvalue weighted by molar-refractivity contribution is 5.55. The standard InChI is InChI=1S/C12H24O8/c1-6(14)11(19)9(17)3-10(18)12(20,7(2)15)4-8(16)5-13/h5-11,14-20H,3-4H2,1-2H3/t6-,7-,8-,9+,10+,11-,12-/m1/s1. The fourth-order valence-electron chi connectivity index (χ4n) is 1.86. The molecular weight excluding hydrogens is 272 g/mol. The number of rotatable bonds is 9. The van der Waals surface area contributed by atoms with E-state index in [1.54, 1.807) is 0 Å². The summed E-state index contributed by atoms with van der Waals surface area (Å²) >= 11 is 0. The molecule has 120 valence electrons. The van der Waals surface area contributed by atoms with Gasteiger partial charge in [0.05, 0.1) is 24.4 Å². The summed E-state index contributed by atoms with van der Waals surface area (Å²) in [5.41, 5.74) is -2.24. The van der Waals surface area contributed by atoms with Gasteiger partial charge in [0.25, 0.3) is 0 Å². The first-order chi connectivity index (χ1) is 9.06. The maximum atomic E-state index is 10.4. The summed E-state index contributed by atoms with van der Waals surface area (Å²) in [7, 11) is 0. The van der Waals surface area contributed by atoms with Gasteiger partial charge < -0.3 is 40.5 Å². The molecule has 0 aliphatic rings. The Morgan fingerprint density at radius 1 is 1.05 bits per heavy atom. The van der Waals surface area contributed by atoms with Crippen LogP contribution in [-0.2, 0) is 4.79 Å². The zero-order valence-electron chi connectivity index (χ0n) is 11.5. The van der Waals surface area contributed by atoms with E-state index >= 15 is 0 Å². The van der Waals surface area contributed by atoms with E-state index in [2.05, 4.69) is 0 Å². The van der Waals surface area contributed by atoms with Gasteiger partial charge in [-0.1, -0.05) is 0 Å². The first-order valence-corrected chi connectivity index (χ1v) is 6.32. The molecule has 0 aliphatic heterocycles. The van der Waals surface area contributed by atoms with Crippen LogP contribution in [0.5, 0.6) is 0 Å². The molecule has 7 atom stereocenters. The lowest BCUT2D eigenvalue weighted by molar-refractivity contribution is -0.173. The molecule has 8 nitrogen and oxygen atoms in total. The highest BCUT2D eigenvalue weighted by Crippen LogP contribution is 2.26. The molecular formula is C12H24O8. The Hall–Kier alpha value is -0.610. The SMILES string of the molecule is C[C@@H](O)[C@@H](O)[C@@H](O)C[C@H](O)[C@@](O)(C[C@@H](O)C=O)[C@@H](C)O. The van der Waals surface area contributed by atoms with Gasteiger partial charge in [-0.2, -0.15) is 0 Å². The lowest BCUT2D eigenvalue weighted by Gasteiger charge is -2.37. The summed E-state index contributed by atoms with van der Waals surface area (Å²) in [6, 6.07) is 0. The van der Waals surface area contributed by atoms with Gasteiger partial charge in [-0.25, -0.2) is 0 Å². The molecule has 0 aromatic heterocycles. The van der Waals surface area contributed by atoms with Crippen molar-refractivity contribution in [1.29, 1.82) is 0 Å².